The van der Waals surface area contributed by atoms with Gasteiger partial charge in [-0.2, -0.15) is 13.2 Å². The first-order valence-electron chi connectivity index (χ1n) is 8.60. The summed E-state index contributed by atoms with van der Waals surface area (Å²) in [5, 5.41) is 2.89. The first-order valence-corrected chi connectivity index (χ1v) is 8.60. The van der Waals surface area contributed by atoms with Gasteiger partial charge in [-0.05, 0) is 36.6 Å². The summed E-state index contributed by atoms with van der Waals surface area (Å²) in [5.74, 6) is -0.340. The Morgan fingerprint density at radius 1 is 1.11 bits per heavy atom. The van der Waals surface area contributed by atoms with E-state index in [1.807, 2.05) is 0 Å². The largest absolute Gasteiger partial charge is 0.472 e. The second-order valence-electron chi connectivity index (χ2n) is 6.52. The number of rotatable bonds is 4. The number of nitrogens with zero attached hydrogens (tertiary/aromatic N) is 1. The number of furan rings is 1. The fraction of sp³-hybridized carbons (Fsp3) is 0.368. The van der Waals surface area contributed by atoms with Crippen LogP contribution in [0.5, 0.6) is 0 Å². The highest BCUT2D eigenvalue weighted by Gasteiger charge is 2.30. The molecule has 3 rings (SSSR count). The van der Waals surface area contributed by atoms with Crippen molar-refractivity contribution < 1.29 is 27.2 Å². The maximum Gasteiger partial charge on any atom is 0.416 e. The van der Waals surface area contributed by atoms with Crippen molar-refractivity contribution in [1.29, 1.82) is 0 Å². The van der Waals surface area contributed by atoms with Gasteiger partial charge in [0.2, 0.25) is 5.91 Å². The Balaban J connectivity index is 1.46. The standard InChI is InChI=1S/C19H19F3N2O3/c20-19(21,22)15-3-1-13(2-4-15)11-17(25)23-16-5-8-24(9-6-16)18(26)14-7-10-27-12-14/h1-4,7,10,12,16H,5-6,8-9,11H2,(H,23,25). The van der Waals surface area contributed by atoms with Crippen molar-refractivity contribution in [2.24, 2.45) is 0 Å². The minimum Gasteiger partial charge on any atom is -0.472 e. The lowest BCUT2D eigenvalue weighted by atomic mass is 10.0. The minimum atomic E-state index is -4.39. The van der Waals surface area contributed by atoms with Gasteiger partial charge in [0.25, 0.3) is 5.91 Å². The lowest BCUT2D eigenvalue weighted by Crippen LogP contribution is -2.46. The van der Waals surface area contributed by atoms with Crippen LogP contribution in [0.3, 0.4) is 0 Å². The number of benzene rings is 1. The van der Waals surface area contributed by atoms with Crippen LogP contribution >= 0.6 is 0 Å². The van der Waals surface area contributed by atoms with Crippen LogP contribution in [0.1, 0.15) is 34.3 Å². The van der Waals surface area contributed by atoms with E-state index in [1.165, 1.54) is 24.7 Å². The second-order valence-corrected chi connectivity index (χ2v) is 6.52. The normalized spacial score (nSPS) is 15.6. The lowest BCUT2D eigenvalue weighted by Gasteiger charge is -2.32. The molecule has 5 nitrogen and oxygen atoms in total. The number of amides is 2. The molecule has 2 aromatic rings. The molecule has 0 atom stereocenters. The van der Waals surface area contributed by atoms with Gasteiger partial charge in [-0.15, -0.1) is 0 Å². The average molecular weight is 380 g/mol. The third kappa shape index (κ3) is 4.90. The van der Waals surface area contributed by atoms with Crippen molar-refractivity contribution in [3.8, 4) is 0 Å². The molecule has 1 aliphatic rings. The molecule has 1 saturated heterocycles. The van der Waals surface area contributed by atoms with Crippen LogP contribution in [-0.2, 0) is 17.4 Å². The molecule has 27 heavy (non-hydrogen) atoms. The number of hydrogen-bond acceptors (Lipinski definition) is 3. The van der Waals surface area contributed by atoms with Crippen molar-refractivity contribution in [3.63, 3.8) is 0 Å². The Hall–Kier alpha value is -2.77. The first-order chi connectivity index (χ1) is 12.8. The van der Waals surface area contributed by atoms with Gasteiger partial charge in [0.15, 0.2) is 0 Å². The number of alkyl halides is 3. The van der Waals surface area contributed by atoms with Crippen molar-refractivity contribution in [1.82, 2.24) is 10.2 Å². The fourth-order valence-electron chi connectivity index (χ4n) is 3.07. The first kappa shape index (κ1) is 19.0. The van der Waals surface area contributed by atoms with Gasteiger partial charge in [-0.25, -0.2) is 0 Å². The third-order valence-corrected chi connectivity index (χ3v) is 4.56. The zero-order valence-electron chi connectivity index (χ0n) is 14.5. The lowest BCUT2D eigenvalue weighted by molar-refractivity contribution is -0.137. The number of carbonyl (C=O) groups excluding carboxylic acids is 2. The molecule has 2 amide bonds. The Kier molecular flexibility index (Phi) is 5.53. The number of nitrogens with one attached hydrogen (secondary N) is 1. The highest BCUT2D eigenvalue weighted by Crippen LogP contribution is 2.29. The van der Waals surface area contributed by atoms with E-state index in [0.29, 0.717) is 37.1 Å². The van der Waals surface area contributed by atoms with Crippen molar-refractivity contribution in [3.05, 3.63) is 59.5 Å². The Bertz CT molecular complexity index is 778. The second kappa shape index (κ2) is 7.85. The number of piperidine rings is 1. The van der Waals surface area contributed by atoms with Crippen LogP contribution in [0.2, 0.25) is 0 Å². The zero-order chi connectivity index (χ0) is 19.4. The molecule has 0 unspecified atom stereocenters. The van der Waals surface area contributed by atoms with Gasteiger partial charge in [0.05, 0.1) is 23.8 Å². The molecular weight excluding hydrogens is 361 g/mol. The molecule has 8 heteroatoms. The van der Waals surface area contributed by atoms with Gasteiger partial charge < -0.3 is 14.6 Å². The maximum absolute atomic E-state index is 12.6. The topological polar surface area (TPSA) is 62.6 Å². The van der Waals surface area contributed by atoms with Crippen LogP contribution < -0.4 is 5.32 Å². The minimum absolute atomic E-state index is 0.0201. The van der Waals surface area contributed by atoms with Gasteiger partial charge in [0.1, 0.15) is 6.26 Å². The van der Waals surface area contributed by atoms with E-state index in [1.54, 1.807) is 11.0 Å². The molecule has 1 aliphatic heterocycles. The summed E-state index contributed by atoms with van der Waals surface area (Å²) < 4.78 is 42.6. The molecule has 0 saturated carbocycles. The van der Waals surface area contributed by atoms with Gasteiger partial charge >= 0.3 is 6.18 Å². The van der Waals surface area contributed by atoms with Gasteiger partial charge in [-0.1, -0.05) is 12.1 Å². The van der Waals surface area contributed by atoms with Crippen LogP contribution in [0, 0.1) is 0 Å². The van der Waals surface area contributed by atoms with Crippen LogP contribution in [-0.4, -0.2) is 35.8 Å². The molecule has 1 aromatic carbocycles. The summed E-state index contributed by atoms with van der Waals surface area (Å²) in [5.41, 5.74) is 0.286. The Morgan fingerprint density at radius 2 is 1.78 bits per heavy atom. The summed E-state index contributed by atoms with van der Waals surface area (Å²) in [7, 11) is 0. The smallest absolute Gasteiger partial charge is 0.416 e. The molecule has 0 spiro atoms. The van der Waals surface area contributed by atoms with Crippen LogP contribution in [0.15, 0.2) is 47.3 Å². The van der Waals surface area contributed by atoms with E-state index in [9.17, 15) is 22.8 Å². The highest BCUT2D eigenvalue weighted by atomic mass is 19.4. The number of halogens is 3. The van der Waals surface area contributed by atoms with Crippen LogP contribution in [0.25, 0.3) is 0 Å². The highest BCUT2D eigenvalue weighted by molar-refractivity contribution is 5.93. The van der Waals surface area contributed by atoms with Gasteiger partial charge in [0, 0.05) is 19.1 Å². The summed E-state index contributed by atoms with van der Waals surface area (Å²) in [6.07, 6.45) is -0.263. The predicted molar refractivity (Wildman–Crippen MR) is 90.9 cm³/mol. The van der Waals surface area contributed by atoms with Crippen molar-refractivity contribution >= 4 is 11.8 Å². The Morgan fingerprint density at radius 3 is 2.33 bits per heavy atom. The van der Waals surface area contributed by atoms with E-state index in [2.05, 4.69) is 5.32 Å². The van der Waals surface area contributed by atoms with Crippen molar-refractivity contribution in [2.75, 3.05) is 13.1 Å². The maximum atomic E-state index is 12.6. The molecule has 1 fully saturated rings. The van der Waals surface area contributed by atoms with E-state index in [-0.39, 0.29) is 24.3 Å². The summed E-state index contributed by atoms with van der Waals surface area (Å²) in [4.78, 5) is 26.1. The summed E-state index contributed by atoms with van der Waals surface area (Å²) >= 11 is 0. The van der Waals surface area contributed by atoms with E-state index in [4.69, 9.17) is 4.42 Å². The average Bonchev–Trinajstić information content (AvgIpc) is 3.16. The molecule has 2 heterocycles. The number of carbonyl (C=O) groups is 2. The van der Waals surface area contributed by atoms with Crippen molar-refractivity contribution in [2.45, 2.75) is 31.5 Å². The monoisotopic (exact) mass is 380 g/mol. The molecule has 0 radical (unpaired) electrons. The third-order valence-electron chi connectivity index (χ3n) is 4.56. The molecule has 0 aliphatic carbocycles. The molecule has 144 valence electrons. The van der Waals surface area contributed by atoms with E-state index < -0.39 is 11.7 Å². The molecule has 1 aromatic heterocycles. The van der Waals surface area contributed by atoms with E-state index >= 15 is 0 Å². The summed E-state index contributed by atoms with van der Waals surface area (Å²) in [6.45, 7) is 1.05. The van der Waals surface area contributed by atoms with Crippen LogP contribution in [0.4, 0.5) is 13.2 Å². The number of hydrogen-bond donors (Lipinski definition) is 1. The SMILES string of the molecule is O=C(Cc1ccc(C(F)(F)F)cc1)NC1CCN(C(=O)c2ccoc2)CC1. The molecular formula is C19H19F3N2O3. The summed E-state index contributed by atoms with van der Waals surface area (Å²) in [6, 6.07) is 6.13. The van der Waals surface area contributed by atoms with E-state index in [0.717, 1.165) is 12.1 Å². The zero-order valence-corrected chi connectivity index (χ0v) is 14.5. The fourth-order valence-corrected chi connectivity index (χ4v) is 3.07. The molecule has 0 bridgehead atoms. The Labute approximate surface area is 154 Å². The quantitative estimate of drug-likeness (QED) is 0.886. The predicted octanol–water partition coefficient (Wildman–Crippen LogP) is 3.26. The number of likely N-dealkylation sites (tertiary alicyclic amines) is 1. The molecule has 1 N–H and O–H groups in total. The van der Waals surface area contributed by atoms with Gasteiger partial charge in [-0.3, -0.25) is 9.59 Å².